The number of aliphatic carboxylic acids is 2. The summed E-state index contributed by atoms with van der Waals surface area (Å²) in [7, 11) is 0. The molecule has 0 spiro atoms. The predicted molar refractivity (Wildman–Crippen MR) is 468 cm³/mol. The summed E-state index contributed by atoms with van der Waals surface area (Å²) in [6.45, 7) is 28.3. The minimum absolute atomic E-state index is 0. The molecule has 8 N–H and O–H groups in total. The molecule has 116 heavy (non-hydrogen) atoms. The SMILES string of the molecule is CC(=O)O.CC(=O)O.CC(C)(C)c1cc2c3nc(c(-c4ccccc4)c4ccc([nH]4)c4cc(C(C)(C)C)cc(c4O)c4ccc5ccc6ccc(nc6c5n4)c(c1)c2O)C=C3.CC(C)(C)c1cc2c3nc(c(-c4ccccc4)c4ccc([nH]4)c4cc(C(C)(C)C)cc(c4O)c4ccc5ccc6ccc(nc6c5n4)c(c1)c2O)C=C3.[Co].[Co]. The molecule has 0 aliphatic carbocycles. The number of phenolic OH excluding ortho intramolecular Hbond substituents is 4. The number of hydrogen-bond donors (Lipinski definition) is 8. The fraction of sp³-hybridized carbons (Fsp3) is 0.184. The van der Waals surface area contributed by atoms with Gasteiger partial charge in [0.05, 0.1) is 66.9 Å². The average Bonchev–Trinajstić information content (AvgIpc) is 0.955. The minimum Gasteiger partial charge on any atom is -0.507 e. The number of aromatic hydroxyl groups is 4. The van der Waals surface area contributed by atoms with Gasteiger partial charge >= 0.3 is 0 Å². The molecule has 586 valence electrons. The second-order valence-corrected chi connectivity index (χ2v) is 33.4. The van der Waals surface area contributed by atoms with Crippen LogP contribution in [0.25, 0.3) is 177 Å². The van der Waals surface area contributed by atoms with E-state index in [1.54, 1.807) is 0 Å². The molecular formula is C98H88Co2N8O8. The van der Waals surface area contributed by atoms with Gasteiger partial charge in [-0.25, -0.2) is 29.9 Å². The Morgan fingerprint density at radius 3 is 0.776 bits per heavy atom. The van der Waals surface area contributed by atoms with Gasteiger partial charge in [0.25, 0.3) is 11.9 Å². The smallest absolute Gasteiger partial charge is 0.300 e. The molecule has 2 aliphatic rings. The van der Waals surface area contributed by atoms with Crippen LogP contribution in [-0.2, 0) is 64.8 Å². The first kappa shape index (κ1) is 81.4. The number of fused-ring (bicyclic) bond motifs is 28. The van der Waals surface area contributed by atoms with Gasteiger partial charge in [0, 0.05) is 145 Å². The summed E-state index contributed by atoms with van der Waals surface area (Å²) in [5, 5.41) is 72.3. The number of phenols is 4. The summed E-state index contributed by atoms with van der Waals surface area (Å²) in [6, 6.07) is 69.2. The van der Waals surface area contributed by atoms with Gasteiger partial charge in [0.1, 0.15) is 23.0 Å². The Morgan fingerprint density at radius 2 is 0.509 bits per heavy atom. The Labute approximate surface area is 691 Å². The normalized spacial score (nSPS) is 12.1. The molecule has 0 atom stereocenters. The maximum absolute atomic E-state index is 12.1. The van der Waals surface area contributed by atoms with Crippen LogP contribution in [-0.4, -0.2) is 82.4 Å². The molecule has 18 heteroatoms. The molecule has 0 saturated heterocycles. The van der Waals surface area contributed by atoms with E-state index in [4.69, 9.17) is 49.7 Å². The first-order valence-electron chi connectivity index (χ1n) is 38.0. The van der Waals surface area contributed by atoms with Crippen molar-refractivity contribution in [2.45, 2.75) is 119 Å². The Hall–Kier alpha value is -12.6. The second kappa shape index (κ2) is 31.3. The molecule has 0 fully saturated rings. The monoisotopic (exact) mass is 1620 g/mol. The number of aromatic nitrogens is 8. The standard InChI is InChI=1S/2C47H40N4O2.2C2H4O2.2Co/c2*1-46(2,3)29-22-31-35-18-20-39(48-35)41(26-10-8-7-9-11-26)40-21-19-36(49-40)32-23-30(47(4,5)6)25-34(45(32)53)38-17-15-28-13-12-27-14-16-37(33(24-29)44(31)52)50-42(27)43(28)51-38;2*1-2(3)4;;/h2*7-25,48,52-53H,1-6H3;2*1H3,(H,3,4);;. The first-order chi connectivity index (χ1) is 54.1. The summed E-state index contributed by atoms with van der Waals surface area (Å²) in [4.78, 5) is 56.6. The number of H-pyrrole nitrogens is 2. The summed E-state index contributed by atoms with van der Waals surface area (Å²) in [6.07, 6.45) is 7.98. The van der Waals surface area contributed by atoms with Crippen LogP contribution in [0.3, 0.4) is 0 Å². The van der Waals surface area contributed by atoms with Crippen molar-refractivity contribution in [3.63, 3.8) is 0 Å². The van der Waals surface area contributed by atoms with E-state index in [1.165, 1.54) is 0 Å². The molecule has 0 unspecified atom stereocenters. The van der Waals surface area contributed by atoms with Gasteiger partial charge in [-0.15, -0.1) is 0 Å². The number of carbonyl (C=O) groups is 2. The molecule has 2 radical (unpaired) electrons. The number of aromatic amines is 2. The van der Waals surface area contributed by atoms with E-state index in [0.29, 0.717) is 76.5 Å². The maximum atomic E-state index is 12.1. The van der Waals surface area contributed by atoms with Crippen molar-refractivity contribution in [2.75, 3.05) is 0 Å². The van der Waals surface area contributed by atoms with E-state index in [0.717, 1.165) is 135 Å². The maximum Gasteiger partial charge on any atom is 0.300 e. The number of nitrogens with zero attached hydrogens (tertiary/aromatic N) is 6. The topological polar surface area (TPSA) is 264 Å². The van der Waals surface area contributed by atoms with Crippen molar-refractivity contribution < 1.29 is 73.8 Å². The van der Waals surface area contributed by atoms with E-state index in [-0.39, 0.29) is 78.2 Å². The van der Waals surface area contributed by atoms with Crippen molar-refractivity contribution >= 4 is 167 Å². The van der Waals surface area contributed by atoms with Crippen molar-refractivity contribution in [1.82, 2.24) is 39.9 Å². The van der Waals surface area contributed by atoms with Crippen LogP contribution in [0.2, 0.25) is 0 Å². The second-order valence-electron chi connectivity index (χ2n) is 33.4. The van der Waals surface area contributed by atoms with Gasteiger partial charge in [0.15, 0.2) is 0 Å². The van der Waals surface area contributed by atoms with Crippen LogP contribution in [0.1, 0.15) is 142 Å². The molecule has 10 heterocycles. The molecule has 24 bridgehead atoms. The molecule has 8 aromatic heterocycles. The molecule has 8 aromatic carbocycles. The van der Waals surface area contributed by atoms with Crippen LogP contribution < -0.4 is 0 Å². The first-order valence-corrected chi connectivity index (χ1v) is 38.0. The average molecular weight is 1620 g/mol. The van der Waals surface area contributed by atoms with Crippen molar-refractivity contribution in [1.29, 1.82) is 0 Å². The Balaban J connectivity index is 0.000000182. The van der Waals surface area contributed by atoms with E-state index >= 15 is 0 Å². The van der Waals surface area contributed by atoms with Crippen LogP contribution in [0, 0.1) is 0 Å². The van der Waals surface area contributed by atoms with Crippen LogP contribution in [0.4, 0.5) is 0 Å². The third-order valence-corrected chi connectivity index (χ3v) is 21.0. The number of rotatable bonds is 2. The van der Waals surface area contributed by atoms with Gasteiger partial charge in [-0.05, 0) is 176 Å². The quantitative estimate of drug-likeness (QED) is 0.0749. The Morgan fingerprint density at radius 1 is 0.284 bits per heavy atom. The Kier molecular flexibility index (Phi) is 22.0. The third kappa shape index (κ3) is 15.9. The van der Waals surface area contributed by atoms with Crippen molar-refractivity contribution in [3.05, 3.63) is 251 Å². The molecule has 16 aromatic rings. The van der Waals surface area contributed by atoms with Crippen LogP contribution >= 0.6 is 0 Å². The zero-order valence-electron chi connectivity index (χ0n) is 66.8. The predicted octanol–water partition coefficient (Wildman–Crippen LogP) is 24.1. The molecular weight excluding hydrogens is 1530 g/mol. The van der Waals surface area contributed by atoms with Gasteiger partial charge in [-0.2, -0.15) is 0 Å². The van der Waals surface area contributed by atoms with E-state index in [9.17, 15) is 20.4 Å². The summed E-state index contributed by atoms with van der Waals surface area (Å²) < 4.78 is 0. The number of nitrogens with one attached hydrogen (secondary N) is 2. The van der Waals surface area contributed by atoms with Gasteiger partial charge in [-0.1, -0.05) is 192 Å². The fourth-order valence-electron chi connectivity index (χ4n) is 14.8. The molecule has 18 rings (SSSR count). The Bertz CT molecular complexity index is 6620. The molecule has 16 nitrogen and oxygen atoms in total. The number of carboxylic acid groups (broad SMARTS) is 2. The summed E-state index contributed by atoms with van der Waals surface area (Å²) in [5.41, 5.74) is 18.8. The summed E-state index contributed by atoms with van der Waals surface area (Å²) in [5.74, 6) is -1.12. The van der Waals surface area contributed by atoms with Gasteiger partial charge in [-0.3, -0.25) is 9.59 Å². The van der Waals surface area contributed by atoms with Crippen LogP contribution in [0.15, 0.2) is 206 Å². The van der Waals surface area contributed by atoms with Crippen LogP contribution in [0.5, 0.6) is 23.0 Å². The molecule has 2 aliphatic heterocycles. The number of pyridine rings is 4. The van der Waals surface area contributed by atoms with Gasteiger partial charge in [0.2, 0.25) is 0 Å². The van der Waals surface area contributed by atoms with E-state index in [1.807, 2.05) is 146 Å². The minimum atomic E-state index is -0.833. The van der Waals surface area contributed by atoms with Crippen molar-refractivity contribution in [2.24, 2.45) is 0 Å². The largest absolute Gasteiger partial charge is 0.507 e. The zero-order chi connectivity index (χ0) is 80.8. The molecule has 0 amide bonds. The number of hydrogen-bond acceptors (Lipinski definition) is 12. The fourth-order valence-corrected chi connectivity index (χ4v) is 14.8. The van der Waals surface area contributed by atoms with Crippen molar-refractivity contribution in [3.8, 4) is 45.3 Å². The van der Waals surface area contributed by atoms with Gasteiger partial charge < -0.3 is 40.6 Å². The molecule has 0 saturated carbocycles. The van der Waals surface area contributed by atoms with E-state index in [2.05, 4.69) is 178 Å². The zero-order valence-corrected chi connectivity index (χ0v) is 68.9. The number of benzene rings is 8. The summed E-state index contributed by atoms with van der Waals surface area (Å²) >= 11 is 0. The van der Waals surface area contributed by atoms with E-state index < -0.39 is 11.9 Å². The number of carboxylic acids is 2. The third-order valence-electron chi connectivity index (χ3n) is 21.0.